The van der Waals surface area contributed by atoms with Crippen LogP contribution < -0.4 is 0 Å². The summed E-state index contributed by atoms with van der Waals surface area (Å²) < 4.78 is 47.7. The zero-order valence-corrected chi connectivity index (χ0v) is 36.7. The lowest BCUT2D eigenvalue weighted by Crippen LogP contribution is -2.30. The molecule has 0 aromatic carbocycles. The number of rotatable bonds is 36. The van der Waals surface area contributed by atoms with E-state index in [0.29, 0.717) is 32.1 Å². The van der Waals surface area contributed by atoms with Crippen molar-refractivity contribution in [2.75, 3.05) is 26.4 Å². The van der Waals surface area contributed by atoms with Crippen molar-refractivity contribution in [3.05, 3.63) is 36.5 Å². The molecule has 0 radical (unpaired) electrons. The van der Waals surface area contributed by atoms with E-state index in [4.69, 9.17) is 23.8 Å². The molecule has 1 unspecified atom stereocenters. The van der Waals surface area contributed by atoms with Crippen LogP contribution in [-0.2, 0) is 46.6 Å². The second-order valence-corrected chi connectivity index (χ2v) is 18.1. The van der Waals surface area contributed by atoms with Crippen molar-refractivity contribution in [1.82, 2.24) is 0 Å². The number of ether oxygens (including phenoxy) is 2. The van der Waals surface area contributed by atoms with Gasteiger partial charge in [-0.2, -0.15) is 0 Å². The Kier molecular flexibility index (Phi) is 29.6. The highest BCUT2D eigenvalue weighted by Gasteiger charge is 2.29. The maximum absolute atomic E-state index is 12.7. The van der Waals surface area contributed by atoms with Gasteiger partial charge in [0.15, 0.2) is 11.9 Å². The van der Waals surface area contributed by atoms with Crippen molar-refractivity contribution in [2.45, 2.75) is 161 Å². The van der Waals surface area contributed by atoms with Crippen LogP contribution in [0.15, 0.2) is 36.5 Å². The molecule has 0 aromatic rings. The number of phosphoric acid groups is 2. The molecule has 5 N–H and O–H groups in total. The van der Waals surface area contributed by atoms with Crippen molar-refractivity contribution in [2.24, 2.45) is 17.8 Å². The summed E-state index contributed by atoms with van der Waals surface area (Å²) in [5, 5.41) is 19.9. The number of phosphoric ester groups is 2. The van der Waals surface area contributed by atoms with E-state index < -0.39 is 72.3 Å². The van der Waals surface area contributed by atoms with Crippen LogP contribution >= 0.6 is 15.6 Å². The summed E-state index contributed by atoms with van der Waals surface area (Å²) in [5.41, 5.74) is 0. The van der Waals surface area contributed by atoms with Gasteiger partial charge >= 0.3 is 27.6 Å². The highest BCUT2D eigenvalue weighted by molar-refractivity contribution is 7.47. The van der Waals surface area contributed by atoms with Crippen LogP contribution in [0.3, 0.4) is 0 Å². The monoisotopic (exact) mass is 866 g/mol. The summed E-state index contributed by atoms with van der Waals surface area (Å²) >= 11 is 0. The molecule has 1 aliphatic carbocycles. The second-order valence-electron chi connectivity index (χ2n) is 15.4. The molecule has 0 saturated carbocycles. The van der Waals surface area contributed by atoms with Crippen molar-refractivity contribution in [3.63, 3.8) is 0 Å². The third-order valence-corrected chi connectivity index (χ3v) is 10.9. The number of carbonyl (C=O) groups is 3. The highest BCUT2D eigenvalue weighted by Crippen LogP contribution is 2.44. The lowest BCUT2D eigenvalue weighted by Gasteiger charge is -2.20. The molecule has 0 bridgehead atoms. The molecular weight excluding hydrogens is 794 g/mol. The van der Waals surface area contributed by atoms with Gasteiger partial charge in [0.25, 0.3) is 0 Å². The molecule has 0 saturated heterocycles. The van der Waals surface area contributed by atoms with Crippen LogP contribution in [0.2, 0.25) is 0 Å². The van der Waals surface area contributed by atoms with E-state index in [9.17, 15) is 38.6 Å². The average Bonchev–Trinajstić information content (AvgIpc) is 3.51. The maximum atomic E-state index is 12.7. The summed E-state index contributed by atoms with van der Waals surface area (Å²) in [5.74, 6) is -0.766. The molecule has 1 aliphatic rings. The summed E-state index contributed by atoms with van der Waals surface area (Å²) in [4.78, 5) is 65.1. The number of unbranched alkanes of at least 4 members (excludes halogenated alkanes) is 11. The van der Waals surface area contributed by atoms with E-state index in [-0.39, 0.29) is 30.5 Å². The van der Waals surface area contributed by atoms with E-state index in [1.54, 1.807) is 18.2 Å². The first kappa shape index (κ1) is 54.0. The van der Waals surface area contributed by atoms with E-state index in [1.165, 1.54) is 32.1 Å². The van der Waals surface area contributed by atoms with E-state index >= 15 is 0 Å². The van der Waals surface area contributed by atoms with Gasteiger partial charge in [-0.05, 0) is 50.0 Å². The molecule has 58 heavy (non-hydrogen) atoms. The standard InChI is InChI=1S/C41H72O15P2/c1-4-5-15-22-35(42)26-27-38-34(25-28-39(38)44)21-17-13-14-18-23-40(45)52-31-37(32-55-58(50,51)54-30-36(43)29-53-57(47,48)49)56-41(46)24-19-12-10-8-6-7-9-11-16-20-33(2)3/h13,17,25-28,33-38,42-43H,4-12,14-16,18-24,29-32H2,1-3H3,(H,50,51)(H2,47,48,49)/b17-13-,27-26+/t34-,35-,36-,37+,38+/m0/s1. The third kappa shape index (κ3) is 30.1. The molecule has 0 heterocycles. The van der Waals surface area contributed by atoms with E-state index in [0.717, 1.165) is 50.9 Å². The second kappa shape index (κ2) is 31.8. The van der Waals surface area contributed by atoms with Crippen molar-refractivity contribution < 1.29 is 71.5 Å². The number of esters is 2. The van der Waals surface area contributed by atoms with E-state index in [2.05, 4.69) is 29.8 Å². The molecule has 17 heteroatoms. The molecule has 15 nitrogen and oxygen atoms in total. The number of aliphatic hydroxyl groups is 2. The maximum Gasteiger partial charge on any atom is 0.472 e. The van der Waals surface area contributed by atoms with Gasteiger partial charge in [0.2, 0.25) is 0 Å². The first-order chi connectivity index (χ1) is 27.5. The zero-order valence-electron chi connectivity index (χ0n) is 34.9. The molecule has 336 valence electrons. The van der Waals surface area contributed by atoms with Gasteiger partial charge in [-0.3, -0.25) is 28.0 Å². The van der Waals surface area contributed by atoms with Gasteiger partial charge < -0.3 is 34.4 Å². The summed E-state index contributed by atoms with van der Waals surface area (Å²) in [6.45, 7) is 3.69. The minimum Gasteiger partial charge on any atom is -0.462 e. The smallest absolute Gasteiger partial charge is 0.462 e. The number of hydrogen-bond acceptors (Lipinski definition) is 12. The Morgan fingerprint density at radius 2 is 1.36 bits per heavy atom. The fourth-order valence-electron chi connectivity index (χ4n) is 6.11. The van der Waals surface area contributed by atoms with Gasteiger partial charge in [-0.1, -0.05) is 128 Å². The van der Waals surface area contributed by atoms with Crippen LogP contribution in [0.25, 0.3) is 0 Å². The largest absolute Gasteiger partial charge is 0.472 e. The molecule has 1 rings (SSSR count). The lowest BCUT2D eigenvalue weighted by atomic mass is 9.90. The summed E-state index contributed by atoms with van der Waals surface area (Å²) in [6.07, 6.45) is 23.7. The number of allylic oxidation sites excluding steroid dienone is 5. The molecule has 0 fully saturated rings. The Hall–Kier alpha value is -2.03. The Morgan fingerprint density at radius 3 is 2.02 bits per heavy atom. The zero-order chi connectivity index (χ0) is 43.2. The lowest BCUT2D eigenvalue weighted by molar-refractivity contribution is -0.161. The Bertz CT molecular complexity index is 1330. The van der Waals surface area contributed by atoms with Crippen molar-refractivity contribution >= 4 is 33.4 Å². The van der Waals surface area contributed by atoms with Gasteiger partial charge in [0, 0.05) is 18.8 Å². The van der Waals surface area contributed by atoms with Crippen LogP contribution in [0.4, 0.5) is 0 Å². The minimum absolute atomic E-state index is 0.00991. The van der Waals surface area contributed by atoms with Crippen LogP contribution in [-0.4, -0.2) is 87.4 Å². The topological polar surface area (TPSA) is 233 Å². The Balaban J connectivity index is 2.55. The first-order valence-corrected chi connectivity index (χ1v) is 24.1. The average molecular weight is 867 g/mol. The Morgan fingerprint density at radius 1 is 0.759 bits per heavy atom. The number of ketones is 1. The molecular formula is C41H72O15P2. The van der Waals surface area contributed by atoms with Crippen molar-refractivity contribution in [3.8, 4) is 0 Å². The van der Waals surface area contributed by atoms with Crippen molar-refractivity contribution in [1.29, 1.82) is 0 Å². The fraction of sp³-hybridized carbons (Fsp3) is 0.780. The SMILES string of the molecule is CCCCC[C@H](O)/C=C/[C@H]1C(=O)C=C[C@@H]1C/C=C\CCCC(=O)OC[C@H](COP(=O)(O)OC[C@@H](O)COP(=O)(O)O)OC(=O)CCCCCCCCCCCC(C)C. The predicted octanol–water partition coefficient (Wildman–Crippen LogP) is 7.98. The molecule has 0 amide bonds. The molecule has 0 spiro atoms. The van der Waals surface area contributed by atoms with Crippen LogP contribution in [0.1, 0.15) is 143 Å². The number of aliphatic hydroxyl groups excluding tert-OH is 2. The minimum atomic E-state index is -4.88. The molecule has 0 aromatic heterocycles. The number of hydrogen-bond donors (Lipinski definition) is 5. The van der Waals surface area contributed by atoms with Crippen LogP contribution in [0, 0.1) is 17.8 Å². The fourth-order valence-corrected chi connectivity index (χ4v) is 7.27. The first-order valence-electron chi connectivity index (χ1n) is 21.1. The molecule has 0 aliphatic heterocycles. The highest BCUT2D eigenvalue weighted by atomic mass is 31.2. The normalized spacial score (nSPS) is 18.6. The third-order valence-electron chi connectivity index (χ3n) is 9.45. The number of carbonyl (C=O) groups excluding carboxylic acids is 3. The molecule has 6 atom stereocenters. The van der Waals surface area contributed by atoms with Gasteiger partial charge in [-0.15, -0.1) is 0 Å². The van der Waals surface area contributed by atoms with Crippen LogP contribution in [0.5, 0.6) is 0 Å². The van der Waals surface area contributed by atoms with E-state index in [1.807, 2.05) is 18.2 Å². The summed E-state index contributed by atoms with van der Waals surface area (Å²) in [6, 6.07) is 0. The van der Waals surface area contributed by atoms with Gasteiger partial charge in [0.1, 0.15) is 12.7 Å². The quantitative estimate of drug-likeness (QED) is 0.0174. The van der Waals surface area contributed by atoms with Gasteiger partial charge in [-0.25, -0.2) is 9.13 Å². The predicted molar refractivity (Wildman–Crippen MR) is 220 cm³/mol. The van der Waals surface area contributed by atoms with Gasteiger partial charge in [0.05, 0.1) is 25.9 Å². The summed E-state index contributed by atoms with van der Waals surface area (Å²) in [7, 11) is -9.74. The Labute approximate surface area is 345 Å².